The smallest absolute Gasteiger partial charge is 0.340 e. The number of benzene rings is 2. The second kappa shape index (κ2) is 8.22. The van der Waals surface area contributed by atoms with Gasteiger partial charge in [-0.05, 0) is 37.3 Å². The number of hydrogen-bond acceptors (Lipinski definition) is 4. The molecule has 2 aromatic carbocycles. The summed E-state index contributed by atoms with van der Waals surface area (Å²) in [4.78, 5) is 38.7. The average molecular weight is 387 g/mol. The number of rotatable bonds is 5. The summed E-state index contributed by atoms with van der Waals surface area (Å²) >= 11 is 5.93. The molecule has 1 fully saturated rings. The highest BCUT2D eigenvalue weighted by Gasteiger charge is 2.36. The number of amides is 2. The third-order valence-corrected chi connectivity index (χ3v) is 4.51. The second-order valence-corrected chi connectivity index (χ2v) is 6.58. The van der Waals surface area contributed by atoms with Gasteiger partial charge in [0, 0.05) is 23.7 Å². The first-order valence-corrected chi connectivity index (χ1v) is 9.00. The van der Waals surface area contributed by atoms with Crippen LogP contribution in [0.5, 0.6) is 0 Å². The Bertz CT molecular complexity index is 884. The van der Waals surface area contributed by atoms with Crippen LogP contribution in [0.15, 0.2) is 48.5 Å². The van der Waals surface area contributed by atoms with Crippen molar-refractivity contribution in [3.05, 3.63) is 59.1 Å². The molecule has 0 spiro atoms. The summed E-state index contributed by atoms with van der Waals surface area (Å²) in [6, 6.07) is 13.6. The van der Waals surface area contributed by atoms with Crippen LogP contribution in [-0.4, -0.2) is 30.9 Å². The van der Waals surface area contributed by atoms with E-state index in [4.69, 9.17) is 16.3 Å². The summed E-state index contributed by atoms with van der Waals surface area (Å²) in [5, 5.41) is 3.30. The summed E-state index contributed by atoms with van der Waals surface area (Å²) < 4.78 is 5.06. The van der Waals surface area contributed by atoms with Gasteiger partial charge in [0.15, 0.2) is 0 Å². The van der Waals surface area contributed by atoms with Gasteiger partial charge < -0.3 is 15.0 Å². The number of carbonyl (C=O) groups is 3. The predicted octanol–water partition coefficient (Wildman–Crippen LogP) is 3.51. The molecule has 0 saturated carbocycles. The number of nitrogens with one attached hydrogen (secondary N) is 1. The van der Waals surface area contributed by atoms with Crippen LogP contribution in [0.1, 0.15) is 23.7 Å². The lowest BCUT2D eigenvalue weighted by atomic mass is 10.1. The van der Waals surface area contributed by atoms with Crippen LogP contribution in [-0.2, 0) is 14.3 Å². The molecule has 3 rings (SSSR count). The Labute approximate surface area is 162 Å². The molecule has 1 aliphatic heterocycles. The molecule has 1 unspecified atom stereocenters. The van der Waals surface area contributed by atoms with E-state index in [1.807, 2.05) is 0 Å². The van der Waals surface area contributed by atoms with Crippen molar-refractivity contribution in [1.82, 2.24) is 0 Å². The van der Waals surface area contributed by atoms with Crippen molar-refractivity contribution in [3.63, 3.8) is 0 Å². The van der Waals surface area contributed by atoms with Crippen molar-refractivity contribution in [2.75, 3.05) is 23.4 Å². The number of anilines is 2. The highest BCUT2D eigenvalue weighted by molar-refractivity contribution is 6.30. The van der Waals surface area contributed by atoms with E-state index in [-0.39, 0.29) is 31.4 Å². The van der Waals surface area contributed by atoms with Crippen LogP contribution >= 0.6 is 11.6 Å². The molecule has 0 aliphatic carbocycles. The van der Waals surface area contributed by atoms with Crippen molar-refractivity contribution >= 4 is 40.8 Å². The number of nitrogens with zero attached hydrogens (tertiary/aromatic N) is 1. The van der Waals surface area contributed by atoms with Crippen LogP contribution < -0.4 is 10.2 Å². The Morgan fingerprint density at radius 2 is 2.00 bits per heavy atom. The van der Waals surface area contributed by atoms with Gasteiger partial charge in [0.25, 0.3) is 0 Å². The van der Waals surface area contributed by atoms with E-state index >= 15 is 0 Å². The van der Waals surface area contributed by atoms with Crippen LogP contribution in [0.25, 0.3) is 0 Å². The molecular weight excluding hydrogens is 368 g/mol. The summed E-state index contributed by atoms with van der Waals surface area (Å²) in [5.41, 5.74) is 1.34. The van der Waals surface area contributed by atoms with Crippen molar-refractivity contribution in [2.24, 2.45) is 5.92 Å². The monoisotopic (exact) mass is 386 g/mol. The van der Waals surface area contributed by atoms with Crippen LogP contribution in [0, 0.1) is 5.92 Å². The molecule has 1 aliphatic rings. The van der Waals surface area contributed by atoms with Gasteiger partial charge >= 0.3 is 5.97 Å². The van der Waals surface area contributed by atoms with E-state index in [1.165, 1.54) is 4.90 Å². The van der Waals surface area contributed by atoms with Gasteiger partial charge in [0.1, 0.15) is 0 Å². The van der Waals surface area contributed by atoms with Gasteiger partial charge in [0.2, 0.25) is 11.8 Å². The van der Waals surface area contributed by atoms with Gasteiger partial charge in [-0.25, -0.2) is 4.79 Å². The minimum Gasteiger partial charge on any atom is -0.462 e. The Morgan fingerprint density at radius 3 is 2.74 bits per heavy atom. The van der Waals surface area contributed by atoms with Gasteiger partial charge in [-0.1, -0.05) is 29.8 Å². The first kappa shape index (κ1) is 18.9. The second-order valence-electron chi connectivity index (χ2n) is 6.14. The minimum absolute atomic E-state index is 0.0730. The lowest BCUT2D eigenvalue weighted by molar-refractivity contribution is -0.122. The van der Waals surface area contributed by atoms with Crippen LogP contribution in [0.2, 0.25) is 5.02 Å². The first-order chi connectivity index (χ1) is 13.0. The zero-order valence-corrected chi connectivity index (χ0v) is 15.5. The highest BCUT2D eigenvalue weighted by Crippen LogP contribution is 2.29. The number of ether oxygens (including phenoxy) is 1. The van der Waals surface area contributed by atoms with E-state index < -0.39 is 11.9 Å². The van der Waals surface area contributed by atoms with Crippen molar-refractivity contribution in [2.45, 2.75) is 13.3 Å². The molecule has 1 heterocycles. The zero-order valence-electron chi connectivity index (χ0n) is 14.8. The minimum atomic E-state index is -0.522. The van der Waals surface area contributed by atoms with E-state index in [0.29, 0.717) is 22.0 Å². The number of hydrogen-bond donors (Lipinski definition) is 1. The number of esters is 1. The number of carbonyl (C=O) groups excluding carboxylic acids is 3. The maximum Gasteiger partial charge on any atom is 0.340 e. The molecule has 2 aromatic rings. The molecule has 2 amide bonds. The van der Waals surface area contributed by atoms with Gasteiger partial charge in [-0.15, -0.1) is 0 Å². The molecule has 1 saturated heterocycles. The SMILES string of the molecule is CCOC(=O)c1ccccc1N1CC(C(=O)Nc2cccc(Cl)c2)CC1=O. The van der Waals surface area contributed by atoms with Crippen LogP contribution in [0.3, 0.4) is 0 Å². The van der Waals surface area contributed by atoms with Crippen molar-refractivity contribution < 1.29 is 19.1 Å². The standard InChI is InChI=1S/C20H19ClN2O4/c1-2-27-20(26)16-8-3-4-9-17(16)23-12-13(10-18(23)24)19(25)22-15-7-5-6-14(21)11-15/h3-9,11,13H,2,10,12H2,1H3,(H,22,25). The molecule has 1 atom stereocenters. The topological polar surface area (TPSA) is 75.7 Å². The first-order valence-electron chi connectivity index (χ1n) is 8.62. The fraction of sp³-hybridized carbons (Fsp3) is 0.250. The van der Waals surface area contributed by atoms with Crippen molar-refractivity contribution in [1.29, 1.82) is 0 Å². The van der Waals surface area contributed by atoms with Crippen LogP contribution in [0.4, 0.5) is 11.4 Å². The van der Waals surface area contributed by atoms with Gasteiger partial charge in [0.05, 0.1) is 23.8 Å². The molecule has 6 nitrogen and oxygen atoms in total. The fourth-order valence-electron chi connectivity index (χ4n) is 3.02. The maximum absolute atomic E-state index is 12.5. The summed E-state index contributed by atoms with van der Waals surface area (Å²) in [6.45, 7) is 2.16. The molecule has 7 heteroatoms. The predicted molar refractivity (Wildman–Crippen MR) is 103 cm³/mol. The average Bonchev–Trinajstić information content (AvgIpc) is 3.04. The third-order valence-electron chi connectivity index (χ3n) is 4.28. The Morgan fingerprint density at radius 1 is 1.22 bits per heavy atom. The van der Waals surface area contributed by atoms with E-state index in [2.05, 4.69) is 5.32 Å². The molecule has 0 bridgehead atoms. The highest BCUT2D eigenvalue weighted by atomic mass is 35.5. The van der Waals surface area contributed by atoms with Gasteiger partial charge in [-0.2, -0.15) is 0 Å². The molecular formula is C20H19ClN2O4. The van der Waals surface area contributed by atoms with E-state index in [9.17, 15) is 14.4 Å². The fourth-order valence-corrected chi connectivity index (χ4v) is 3.21. The molecule has 0 aromatic heterocycles. The summed E-state index contributed by atoms with van der Waals surface area (Å²) in [6.07, 6.45) is 0.0730. The third kappa shape index (κ3) is 4.28. The summed E-state index contributed by atoms with van der Waals surface area (Å²) in [5.74, 6) is -1.49. The molecule has 0 radical (unpaired) electrons. The normalized spacial score (nSPS) is 16.3. The Kier molecular flexibility index (Phi) is 5.76. The van der Waals surface area contributed by atoms with Gasteiger partial charge in [-0.3, -0.25) is 9.59 Å². The molecule has 1 N–H and O–H groups in total. The molecule has 27 heavy (non-hydrogen) atoms. The lowest BCUT2D eigenvalue weighted by Gasteiger charge is -2.19. The largest absolute Gasteiger partial charge is 0.462 e. The number of halogens is 1. The quantitative estimate of drug-likeness (QED) is 0.798. The zero-order chi connectivity index (χ0) is 19.4. The Balaban J connectivity index is 1.76. The Hall–Kier alpha value is -2.86. The maximum atomic E-state index is 12.5. The van der Waals surface area contributed by atoms with E-state index in [1.54, 1.807) is 55.5 Å². The van der Waals surface area contributed by atoms with E-state index in [0.717, 1.165) is 0 Å². The number of para-hydroxylation sites is 1. The lowest BCUT2D eigenvalue weighted by Crippen LogP contribution is -2.29. The summed E-state index contributed by atoms with van der Waals surface area (Å²) in [7, 11) is 0. The van der Waals surface area contributed by atoms with Crippen molar-refractivity contribution in [3.8, 4) is 0 Å². The molecule has 140 valence electrons.